The number of halogens is 1. The Labute approximate surface area is 127 Å². The van der Waals surface area contributed by atoms with Crippen LogP contribution in [0, 0.1) is 5.92 Å². The zero-order chi connectivity index (χ0) is 15.1. The minimum Gasteiger partial charge on any atom is -0.496 e. The van der Waals surface area contributed by atoms with Crippen LogP contribution in [0.25, 0.3) is 0 Å². The largest absolute Gasteiger partial charge is 0.496 e. The van der Waals surface area contributed by atoms with Crippen LogP contribution in [0.5, 0.6) is 5.75 Å². The summed E-state index contributed by atoms with van der Waals surface area (Å²) in [4.78, 5) is 25.8. The molecule has 2 saturated heterocycles. The molecule has 1 aromatic carbocycles. The number of nitrogens with zero attached hydrogens (tertiary/aromatic N) is 1. The van der Waals surface area contributed by atoms with Gasteiger partial charge in [0.05, 0.1) is 18.6 Å². The van der Waals surface area contributed by atoms with Gasteiger partial charge in [0.1, 0.15) is 5.75 Å². The van der Waals surface area contributed by atoms with Crippen LogP contribution in [0.4, 0.5) is 0 Å². The molecule has 6 heteroatoms. The van der Waals surface area contributed by atoms with Gasteiger partial charge in [0, 0.05) is 17.1 Å². The van der Waals surface area contributed by atoms with E-state index in [0.717, 1.165) is 12.8 Å². The highest BCUT2D eigenvalue weighted by molar-refractivity contribution is 6.30. The van der Waals surface area contributed by atoms with Gasteiger partial charge in [0.15, 0.2) is 0 Å². The molecule has 3 unspecified atom stereocenters. The van der Waals surface area contributed by atoms with Crippen LogP contribution >= 0.6 is 11.6 Å². The van der Waals surface area contributed by atoms with Crippen molar-refractivity contribution in [3.8, 4) is 5.75 Å². The van der Waals surface area contributed by atoms with Gasteiger partial charge in [-0.15, -0.1) is 0 Å². The van der Waals surface area contributed by atoms with Crippen LogP contribution in [0.1, 0.15) is 29.6 Å². The molecule has 1 aromatic rings. The first-order valence-corrected chi connectivity index (χ1v) is 7.29. The van der Waals surface area contributed by atoms with Gasteiger partial charge in [-0.3, -0.25) is 9.59 Å². The van der Waals surface area contributed by atoms with Gasteiger partial charge in [0.2, 0.25) is 0 Å². The smallest absolute Gasteiger partial charge is 0.308 e. The van der Waals surface area contributed by atoms with Crippen molar-refractivity contribution in [2.24, 2.45) is 5.92 Å². The number of hydrogen-bond donors (Lipinski definition) is 1. The van der Waals surface area contributed by atoms with Crippen molar-refractivity contribution in [3.63, 3.8) is 0 Å². The standard InChI is InChI=1S/C15H16ClNO4/c1-21-13-6-8(16)2-4-10(13)14(18)17-9-3-5-12(17)11(7-9)15(19)20/h2,4,6,9,11-12H,3,5,7H2,1H3,(H,19,20). The Morgan fingerprint density at radius 1 is 1.38 bits per heavy atom. The lowest BCUT2D eigenvalue weighted by molar-refractivity contribution is -0.142. The fraction of sp³-hybridized carbons (Fsp3) is 0.467. The molecule has 112 valence electrons. The van der Waals surface area contributed by atoms with E-state index in [9.17, 15) is 14.7 Å². The predicted molar refractivity (Wildman–Crippen MR) is 76.7 cm³/mol. The molecule has 3 rings (SSSR count). The fourth-order valence-corrected chi connectivity index (χ4v) is 3.71. The first-order valence-electron chi connectivity index (χ1n) is 6.92. The monoisotopic (exact) mass is 309 g/mol. The van der Waals surface area contributed by atoms with Gasteiger partial charge >= 0.3 is 5.97 Å². The molecule has 2 heterocycles. The third-order valence-electron chi connectivity index (χ3n) is 4.48. The number of carbonyl (C=O) groups excluding carboxylic acids is 1. The summed E-state index contributed by atoms with van der Waals surface area (Å²) in [5.41, 5.74) is 0.435. The summed E-state index contributed by atoms with van der Waals surface area (Å²) in [5, 5.41) is 9.76. The minimum atomic E-state index is -0.817. The van der Waals surface area contributed by atoms with Gasteiger partial charge in [0.25, 0.3) is 5.91 Å². The van der Waals surface area contributed by atoms with E-state index >= 15 is 0 Å². The average Bonchev–Trinajstić information content (AvgIpc) is 3.04. The second kappa shape index (κ2) is 5.22. The van der Waals surface area contributed by atoms with Crippen molar-refractivity contribution >= 4 is 23.5 Å². The summed E-state index contributed by atoms with van der Waals surface area (Å²) >= 11 is 5.91. The molecule has 0 saturated carbocycles. The van der Waals surface area contributed by atoms with Crippen LogP contribution in [0.3, 0.4) is 0 Å². The Morgan fingerprint density at radius 3 is 2.76 bits per heavy atom. The minimum absolute atomic E-state index is 0.0176. The van der Waals surface area contributed by atoms with Crippen molar-refractivity contribution in [2.45, 2.75) is 31.3 Å². The van der Waals surface area contributed by atoms with Gasteiger partial charge in [-0.05, 0) is 37.5 Å². The summed E-state index contributed by atoms with van der Waals surface area (Å²) in [6.45, 7) is 0. The van der Waals surface area contributed by atoms with Crippen LogP contribution in [-0.4, -0.2) is 41.1 Å². The summed E-state index contributed by atoms with van der Waals surface area (Å²) in [7, 11) is 1.49. The first kappa shape index (κ1) is 14.2. The fourth-order valence-electron chi connectivity index (χ4n) is 3.55. The molecule has 2 fully saturated rings. The number of benzene rings is 1. The highest BCUT2D eigenvalue weighted by Gasteiger charge is 2.51. The van der Waals surface area contributed by atoms with E-state index in [2.05, 4.69) is 0 Å². The lowest BCUT2D eigenvalue weighted by Crippen LogP contribution is -2.38. The quantitative estimate of drug-likeness (QED) is 0.931. The third-order valence-corrected chi connectivity index (χ3v) is 4.72. The normalized spacial score (nSPS) is 27.0. The van der Waals surface area contributed by atoms with Crippen LogP contribution < -0.4 is 4.74 Å². The SMILES string of the molecule is COc1cc(Cl)ccc1C(=O)N1C2CCC1C(C(=O)O)C2. The predicted octanol–water partition coefficient (Wildman–Crippen LogP) is 2.43. The Balaban J connectivity index is 1.91. The Kier molecular flexibility index (Phi) is 3.53. The second-order valence-corrected chi connectivity index (χ2v) is 5.97. The number of carbonyl (C=O) groups is 2. The maximum atomic E-state index is 12.8. The van der Waals surface area contributed by atoms with Crippen molar-refractivity contribution < 1.29 is 19.4 Å². The van der Waals surface area contributed by atoms with Crippen molar-refractivity contribution in [1.82, 2.24) is 4.90 Å². The van der Waals surface area contributed by atoms with Crippen LogP contribution in [0.2, 0.25) is 5.02 Å². The van der Waals surface area contributed by atoms with E-state index < -0.39 is 11.9 Å². The number of amides is 1. The van der Waals surface area contributed by atoms with E-state index in [1.165, 1.54) is 7.11 Å². The van der Waals surface area contributed by atoms with Crippen molar-refractivity contribution in [3.05, 3.63) is 28.8 Å². The van der Waals surface area contributed by atoms with Gasteiger partial charge < -0.3 is 14.7 Å². The number of carboxylic acid groups (broad SMARTS) is 1. The molecule has 0 spiro atoms. The lowest BCUT2D eigenvalue weighted by Gasteiger charge is -2.24. The Hall–Kier alpha value is -1.75. The summed E-state index contributed by atoms with van der Waals surface area (Å²) in [6, 6.07) is 4.69. The maximum absolute atomic E-state index is 12.8. The molecule has 3 atom stereocenters. The molecule has 21 heavy (non-hydrogen) atoms. The number of ether oxygens (including phenoxy) is 1. The number of aliphatic carboxylic acids is 1. The van der Waals surface area contributed by atoms with E-state index in [1.54, 1.807) is 23.1 Å². The molecule has 5 nitrogen and oxygen atoms in total. The summed E-state index contributed by atoms with van der Waals surface area (Å²) in [5.74, 6) is -1.01. The molecule has 1 N–H and O–H groups in total. The number of fused-ring (bicyclic) bond motifs is 2. The molecule has 0 aromatic heterocycles. The van der Waals surface area contributed by atoms with Crippen LogP contribution in [0.15, 0.2) is 18.2 Å². The van der Waals surface area contributed by atoms with Gasteiger partial charge in [-0.1, -0.05) is 11.6 Å². The van der Waals surface area contributed by atoms with Crippen LogP contribution in [-0.2, 0) is 4.79 Å². The molecule has 0 radical (unpaired) electrons. The van der Waals surface area contributed by atoms with E-state index in [-0.39, 0.29) is 18.0 Å². The first-order chi connectivity index (χ1) is 10.0. The van der Waals surface area contributed by atoms with Gasteiger partial charge in [-0.25, -0.2) is 0 Å². The maximum Gasteiger partial charge on any atom is 0.308 e. The Morgan fingerprint density at radius 2 is 2.14 bits per heavy atom. The number of hydrogen-bond acceptors (Lipinski definition) is 3. The van der Waals surface area contributed by atoms with E-state index in [4.69, 9.17) is 16.3 Å². The molecule has 2 aliphatic rings. The lowest BCUT2D eigenvalue weighted by atomic mass is 9.89. The summed E-state index contributed by atoms with van der Waals surface area (Å²) < 4.78 is 5.22. The van der Waals surface area contributed by atoms with E-state index in [1.807, 2.05) is 0 Å². The molecule has 0 aliphatic carbocycles. The zero-order valence-electron chi connectivity index (χ0n) is 11.6. The topological polar surface area (TPSA) is 66.8 Å². The number of carboxylic acids is 1. The number of rotatable bonds is 3. The molecular weight excluding hydrogens is 294 g/mol. The molecule has 2 bridgehead atoms. The molecule has 1 amide bonds. The van der Waals surface area contributed by atoms with Crippen molar-refractivity contribution in [1.29, 1.82) is 0 Å². The molecular formula is C15H16ClNO4. The number of methoxy groups -OCH3 is 1. The zero-order valence-corrected chi connectivity index (χ0v) is 12.3. The molecule has 2 aliphatic heterocycles. The average molecular weight is 310 g/mol. The summed E-state index contributed by atoms with van der Waals surface area (Å²) in [6.07, 6.45) is 2.17. The second-order valence-electron chi connectivity index (χ2n) is 5.54. The Bertz CT molecular complexity index is 603. The van der Waals surface area contributed by atoms with Crippen molar-refractivity contribution in [2.75, 3.05) is 7.11 Å². The highest BCUT2D eigenvalue weighted by Crippen LogP contribution is 2.43. The third kappa shape index (κ3) is 2.25. The van der Waals surface area contributed by atoms with Gasteiger partial charge in [-0.2, -0.15) is 0 Å². The highest BCUT2D eigenvalue weighted by atomic mass is 35.5. The van der Waals surface area contributed by atoms with E-state index in [0.29, 0.717) is 22.8 Å².